The van der Waals surface area contributed by atoms with E-state index in [1.165, 1.54) is 12.1 Å². The van der Waals surface area contributed by atoms with Crippen LogP contribution in [0.1, 0.15) is 79.2 Å². The first-order chi connectivity index (χ1) is 18.0. The number of carbonyl (C=O) groups is 4. The lowest BCUT2D eigenvalue weighted by atomic mass is 10.0. The summed E-state index contributed by atoms with van der Waals surface area (Å²) in [6.07, 6.45) is -0.0953. The van der Waals surface area contributed by atoms with Gasteiger partial charge in [-0.2, -0.15) is 0 Å². The summed E-state index contributed by atoms with van der Waals surface area (Å²) in [5.41, 5.74) is 0.479. The molecule has 38 heavy (non-hydrogen) atoms. The largest absolute Gasteiger partial charge is 0.514 e. The zero-order valence-corrected chi connectivity index (χ0v) is 23.1. The van der Waals surface area contributed by atoms with Gasteiger partial charge in [-0.25, -0.2) is 9.59 Å². The number of benzene rings is 1. The van der Waals surface area contributed by atoms with Gasteiger partial charge in [0.25, 0.3) is 0 Å². The van der Waals surface area contributed by atoms with Gasteiger partial charge in [0.1, 0.15) is 24.4 Å². The monoisotopic (exact) mass is 539 g/mol. The number of carboxylic acids is 1. The van der Waals surface area contributed by atoms with Crippen molar-refractivity contribution in [3.63, 3.8) is 0 Å². The molecule has 0 aromatic heterocycles. The van der Waals surface area contributed by atoms with Gasteiger partial charge in [-0.1, -0.05) is 39.7 Å². The lowest BCUT2D eigenvalue weighted by Gasteiger charge is -2.19. The molecule has 11 heteroatoms. The van der Waals surface area contributed by atoms with Crippen LogP contribution in [-0.4, -0.2) is 60.3 Å². The minimum absolute atomic E-state index is 0.000314. The van der Waals surface area contributed by atoms with Crippen LogP contribution in [0.25, 0.3) is 0 Å². The Hall–Kier alpha value is -3.34. The average Bonchev–Trinajstić information content (AvgIpc) is 2.82. The first-order valence-corrected chi connectivity index (χ1v) is 13.0. The van der Waals surface area contributed by atoms with Crippen LogP contribution in [-0.2, 0) is 30.2 Å². The Bertz CT molecular complexity index is 919. The van der Waals surface area contributed by atoms with Crippen LogP contribution in [0.15, 0.2) is 18.2 Å². The highest BCUT2D eigenvalue weighted by Gasteiger charge is 2.23. The molecular weight excluding hydrogens is 498 g/mol. The standard InChI is InChI=1S/C27H41NO10/c1-7-10-17(4)35-26(32)37-22-13-12-20(15-23(22)38-27(33)36-18(5)11-8-2)14-21(25(30)31)28-16-19(6)34-24(29)9-3/h12-13,15,17-19,21,28H,7-11,14,16H2,1-6H3,(H,30,31)/t17?,18?,19?,21-/m0/s1. The lowest BCUT2D eigenvalue weighted by molar-refractivity contribution is -0.147. The highest BCUT2D eigenvalue weighted by Crippen LogP contribution is 2.30. The number of carboxylic acid groups (broad SMARTS) is 1. The number of carbonyl (C=O) groups excluding carboxylic acids is 3. The number of hydrogen-bond donors (Lipinski definition) is 2. The molecule has 0 aliphatic carbocycles. The van der Waals surface area contributed by atoms with Gasteiger partial charge in [0.05, 0.1) is 0 Å². The Balaban J connectivity index is 3.06. The van der Waals surface area contributed by atoms with Gasteiger partial charge in [0, 0.05) is 13.0 Å². The molecule has 214 valence electrons. The van der Waals surface area contributed by atoms with Crippen LogP contribution in [0, 0.1) is 0 Å². The van der Waals surface area contributed by atoms with E-state index >= 15 is 0 Å². The summed E-state index contributed by atoms with van der Waals surface area (Å²) >= 11 is 0. The average molecular weight is 540 g/mol. The van der Waals surface area contributed by atoms with Crippen LogP contribution < -0.4 is 14.8 Å². The topological polar surface area (TPSA) is 147 Å². The Morgan fingerprint density at radius 1 is 0.816 bits per heavy atom. The first kappa shape index (κ1) is 32.7. The Kier molecular flexibility index (Phi) is 14.8. The third kappa shape index (κ3) is 12.8. The van der Waals surface area contributed by atoms with Crippen molar-refractivity contribution in [1.82, 2.24) is 5.32 Å². The minimum atomic E-state index is -1.12. The Labute approximate surface area is 224 Å². The SMILES string of the molecule is CCCC(C)OC(=O)Oc1ccc(C[C@H](NCC(C)OC(=O)CC)C(=O)O)cc1OC(=O)OC(C)CCC. The number of ether oxygens (including phenoxy) is 5. The molecule has 0 bridgehead atoms. The molecule has 1 aromatic carbocycles. The lowest BCUT2D eigenvalue weighted by Crippen LogP contribution is -2.42. The minimum Gasteiger partial charge on any atom is -0.480 e. The van der Waals surface area contributed by atoms with E-state index in [-0.39, 0.29) is 49.1 Å². The molecule has 0 heterocycles. The summed E-state index contributed by atoms with van der Waals surface area (Å²) in [5, 5.41) is 12.5. The molecule has 0 aliphatic rings. The normalized spacial score (nSPS) is 13.9. The molecule has 2 N–H and O–H groups in total. The summed E-state index contributed by atoms with van der Waals surface area (Å²) in [6.45, 7) is 10.8. The molecule has 0 radical (unpaired) electrons. The van der Waals surface area contributed by atoms with Crippen molar-refractivity contribution in [2.45, 2.75) is 104 Å². The van der Waals surface area contributed by atoms with Crippen molar-refractivity contribution < 1.29 is 48.0 Å². The van der Waals surface area contributed by atoms with Gasteiger partial charge in [-0.3, -0.25) is 9.59 Å². The van der Waals surface area contributed by atoms with Crippen LogP contribution in [0.5, 0.6) is 11.5 Å². The summed E-state index contributed by atoms with van der Waals surface area (Å²) in [4.78, 5) is 47.9. The van der Waals surface area contributed by atoms with Gasteiger partial charge in [0.15, 0.2) is 11.5 Å². The molecule has 11 nitrogen and oxygen atoms in total. The second-order valence-corrected chi connectivity index (χ2v) is 9.08. The van der Waals surface area contributed by atoms with Crippen molar-refractivity contribution in [2.75, 3.05) is 6.54 Å². The predicted octanol–water partition coefficient (Wildman–Crippen LogP) is 5.02. The zero-order chi connectivity index (χ0) is 28.7. The molecule has 0 saturated heterocycles. The van der Waals surface area contributed by atoms with Gasteiger partial charge < -0.3 is 34.1 Å². The van der Waals surface area contributed by atoms with Gasteiger partial charge in [-0.05, 0) is 57.7 Å². The van der Waals surface area contributed by atoms with Gasteiger partial charge in [-0.15, -0.1) is 0 Å². The van der Waals surface area contributed by atoms with Crippen molar-refractivity contribution in [3.8, 4) is 11.5 Å². The van der Waals surface area contributed by atoms with Crippen LogP contribution in [0.4, 0.5) is 9.59 Å². The van der Waals surface area contributed by atoms with Crippen molar-refractivity contribution >= 4 is 24.2 Å². The molecule has 0 fully saturated rings. The number of esters is 1. The van der Waals surface area contributed by atoms with Crippen LogP contribution >= 0.6 is 0 Å². The highest BCUT2D eigenvalue weighted by molar-refractivity contribution is 5.74. The fourth-order valence-corrected chi connectivity index (χ4v) is 3.47. The van der Waals surface area contributed by atoms with Gasteiger partial charge >= 0.3 is 24.2 Å². The Morgan fingerprint density at radius 2 is 1.37 bits per heavy atom. The second-order valence-electron chi connectivity index (χ2n) is 9.08. The van der Waals surface area contributed by atoms with Crippen molar-refractivity contribution in [3.05, 3.63) is 23.8 Å². The molecule has 0 aliphatic heterocycles. The third-order valence-electron chi connectivity index (χ3n) is 5.39. The van der Waals surface area contributed by atoms with Crippen molar-refractivity contribution in [1.29, 1.82) is 0 Å². The molecule has 0 saturated carbocycles. The summed E-state index contributed by atoms with van der Waals surface area (Å²) in [7, 11) is 0. The molecule has 4 atom stereocenters. The summed E-state index contributed by atoms with van der Waals surface area (Å²) in [5.74, 6) is -1.71. The van der Waals surface area contributed by atoms with Gasteiger partial charge in [0.2, 0.25) is 0 Å². The quantitative estimate of drug-likeness (QED) is 0.166. The number of hydrogen-bond acceptors (Lipinski definition) is 10. The van der Waals surface area contributed by atoms with E-state index in [1.807, 2.05) is 13.8 Å². The van der Waals surface area contributed by atoms with E-state index in [0.717, 1.165) is 12.8 Å². The van der Waals surface area contributed by atoms with E-state index in [2.05, 4.69) is 5.32 Å². The summed E-state index contributed by atoms with van der Waals surface area (Å²) < 4.78 is 26.2. The third-order valence-corrected chi connectivity index (χ3v) is 5.39. The fourth-order valence-electron chi connectivity index (χ4n) is 3.47. The fraction of sp³-hybridized carbons (Fsp3) is 0.630. The Morgan fingerprint density at radius 3 is 1.87 bits per heavy atom. The second kappa shape index (κ2) is 17.2. The smallest absolute Gasteiger partial charge is 0.480 e. The molecule has 3 unspecified atom stereocenters. The van der Waals surface area contributed by atoms with Crippen molar-refractivity contribution in [2.24, 2.45) is 0 Å². The number of nitrogens with one attached hydrogen (secondary N) is 1. The molecular formula is C27H41NO10. The van der Waals surface area contributed by atoms with Crippen LogP contribution in [0.2, 0.25) is 0 Å². The number of aliphatic carboxylic acids is 1. The number of rotatable bonds is 16. The molecule has 0 amide bonds. The molecule has 0 spiro atoms. The maximum Gasteiger partial charge on any atom is 0.514 e. The summed E-state index contributed by atoms with van der Waals surface area (Å²) in [6, 6.07) is 3.31. The molecule has 1 rings (SSSR count). The van der Waals surface area contributed by atoms with E-state index in [0.29, 0.717) is 18.4 Å². The van der Waals surface area contributed by atoms with E-state index in [9.17, 15) is 24.3 Å². The molecule has 1 aromatic rings. The first-order valence-electron chi connectivity index (χ1n) is 13.0. The maximum atomic E-state index is 12.4. The zero-order valence-electron chi connectivity index (χ0n) is 23.1. The van der Waals surface area contributed by atoms with E-state index < -0.39 is 30.4 Å². The predicted molar refractivity (Wildman–Crippen MR) is 138 cm³/mol. The highest BCUT2D eigenvalue weighted by atomic mass is 16.7. The van der Waals surface area contributed by atoms with E-state index in [1.54, 1.807) is 33.8 Å². The maximum absolute atomic E-state index is 12.4. The van der Waals surface area contributed by atoms with E-state index in [4.69, 9.17) is 23.7 Å². The van der Waals surface area contributed by atoms with Crippen LogP contribution in [0.3, 0.4) is 0 Å².